The van der Waals surface area contributed by atoms with Crippen LogP contribution < -0.4 is 0 Å². The first-order chi connectivity index (χ1) is 11.8. The highest BCUT2D eigenvalue weighted by atomic mass is 16.5. The number of carbonyl (C=O) groups excluding carboxylic acids is 1. The molecule has 5 nitrogen and oxygen atoms in total. The average molecular weight is 325 g/mol. The number of nitrogens with zero attached hydrogens (tertiary/aromatic N) is 3. The van der Waals surface area contributed by atoms with Crippen LogP contribution >= 0.6 is 0 Å². The SMILES string of the molecule is COCCCCCC(=O)N1Cc2cnc(-c3ccccc3)nc2C1. The molecule has 1 aliphatic heterocycles. The van der Waals surface area contributed by atoms with Crippen molar-refractivity contribution < 1.29 is 9.53 Å². The van der Waals surface area contributed by atoms with E-state index in [2.05, 4.69) is 9.97 Å². The van der Waals surface area contributed by atoms with Crippen LogP contribution in [-0.4, -0.2) is 34.5 Å². The number of hydrogen-bond acceptors (Lipinski definition) is 4. The topological polar surface area (TPSA) is 55.3 Å². The number of rotatable bonds is 7. The van der Waals surface area contributed by atoms with Gasteiger partial charge in [0.15, 0.2) is 5.82 Å². The minimum Gasteiger partial charge on any atom is -0.385 e. The summed E-state index contributed by atoms with van der Waals surface area (Å²) in [7, 11) is 1.71. The van der Waals surface area contributed by atoms with E-state index in [1.807, 2.05) is 41.4 Å². The second kappa shape index (κ2) is 8.02. The Bertz CT molecular complexity index is 688. The predicted octanol–water partition coefficient (Wildman–Crippen LogP) is 3.19. The van der Waals surface area contributed by atoms with Crippen molar-refractivity contribution in [2.24, 2.45) is 0 Å². The molecule has 2 aromatic rings. The molecule has 0 aliphatic carbocycles. The molecule has 1 aliphatic rings. The fraction of sp³-hybridized carbons (Fsp3) is 0.421. The minimum absolute atomic E-state index is 0.201. The van der Waals surface area contributed by atoms with Gasteiger partial charge in [-0.1, -0.05) is 36.8 Å². The predicted molar refractivity (Wildman–Crippen MR) is 92.1 cm³/mol. The average Bonchev–Trinajstić information content (AvgIpc) is 3.05. The highest BCUT2D eigenvalue weighted by Crippen LogP contribution is 2.24. The number of fused-ring (bicyclic) bond motifs is 1. The van der Waals surface area contributed by atoms with Gasteiger partial charge in [-0.15, -0.1) is 0 Å². The lowest BCUT2D eigenvalue weighted by Crippen LogP contribution is -2.25. The number of amides is 1. The van der Waals surface area contributed by atoms with Crippen molar-refractivity contribution in [3.63, 3.8) is 0 Å². The fourth-order valence-corrected chi connectivity index (χ4v) is 2.91. The highest BCUT2D eigenvalue weighted by Gasteiger charge is 2.24. The molecule has 3 rings (SSSR count). The molecular formula is C19H23N3O2. The molecule has 0 N–H and O–H groups in total. The zero-order valence-electron chi connectivity index (χ0n) is 14.1. The summed E-state index contributed by atoms with van der Waals surface area (Å²) in [6.45, 7) is 1.98. The molecule has 126 valence electrons. The van der Waals surface area contributed by atoms with Crippen LogP contribution in [0.4, 0.5) is 0 Å². The smallest absolute Gasteiger partial charge is 0.223 e. The Balaban J connectivity index is 1.58. The van der Waals surface area contributed by atoms with Gasteiger partial charge in [0, 0.05) is 44.0 Å². The van der Waals surface area contributed by atoms with Crippen molar-refractivity contribution in [2.75, 3.05) is 13.7 Å². The van der Waals surface area contributed by atoms with Crippen molar-refractivity contribution in [1.82, 2.24) is 14.9 Å². The van der Waals surface area contributed by atoms with Gasteiger partial charge in [-0.2, -0.15) is 0 Å². The molecule has 1 aromatic heterocycles. The van der Waals surface area contributed by atoms with Gasteiger partial charge in [0.1, 0.15) is 0 Å². The molecular weight excluding hydrogens is 302 g/mol. The summed E-state index contributed by atoms with van der Waals surface area (Å²) >= 11 is 0. The van der Waals surface area contributed by atoms with Gasteiger partial charge in [-0.3, -0.25) is 4.79 Å². The summed E-state index contributed by atoms with van der Waals surface area (Å²) < 4.78 is 5.03. The molecule has 0 fully saturated rings. The standard InChI is InChI=1S/C19H23N3O2/c1-24-11-7-3-6-10-18(23)22-13-16-12-20-19(21-17(16)14-22)15-8-4-2-5-9-15/h2,4-5,8-9,12H,3,6-7,10-11,13-14H2,1H3. The highest BCUT2D eigenvalue weighted by molar-refractivity contribution is 5.76. The third kappa shape index (κ3) is 3.97. The summed E-state index contributed by atoms with van der Waals surface area (Å²) in [6.07, 6.45) is 5.40. The van der Waals surface area contributed by atoms with Gasteiger partial charge in [0.05, 0.1) is 12.2 Å². The van der Waals surface area contributed by atoms with Gasteiger partial charge in [-0.25, -0.2) is 9.97 Å². The van der Waals surface area contributed by atoms with E-state index in [4.69, 9.17) is 4.74 Å². The molecule has 0 spiro atoms. The number of carbonyl (C=O) groups is 1. The monoisotopic (exact) mass is 325 g/mol. The summed E-state index contributed by atoms with van der Waals surface area (Å²) in [4.78, 5) is 23.3. The van der Waals surface area contributed by atoms with E-state index in [-0.39, 0.29) is 5.91 Å². The first-order valence-corrected chi connectivity index (χ1v) is 8.45. The minimum atomic E-state index is 0.201. The number of benzene rings is 1. The summed E-state index contributed by atoms with van der Waals surface area (Å²) in [5.74, 6) is 0.926. The zero-order chi connectivity index (χ0) is 16.8. The Morgan fingerprint density at radius 1 is 1.17 bits per heavy atom. The van der Waals surface area contributed by atoms with Crippen molar-refractivity contribution in [3.05, 3.63) is 47.8 Å². The fourth-order valence-electron chi connectivity index (χ4n) is 2.91. The van der Waals surface area contributed by atoms with Crippen LogP contribution in [0.1, 0.15) is 36.9 Å². The van der Waals surface area contributed by atoms with Crippen LogP contribution in [0.25, 0.3) is 11.4 Å². The maximum Gasteiger partial charge on any atom is 0.223 e. The molecule has 1 amide bonds. The largest absolute Gasteiger partial charge is 0.385 e. The van der Waals surface area contributed by atoms with Crippen molar-refractivity contribution >= 4 is 5.91 Å². The zero-order valence-corrected chi connectivity index (χ0v) is 14.1. The number of aromatic nitrogens is 2. The number of hydrogen-bond donors (Lipinski definition) is 0. The first kappa shape index (κ1) is 16.6. The van der Waals surface area contributed by atoms with Crippen LogP contribution in [0.15, 0.2) is 36.5 Å². The molecule has 0 atom stereocenters. The molecule has 0 saturated carbocycles. The summed E-state index contributed by atoms with van der Waals surface area (Å²) in [6, 6.07) is 9.93. The van der Waals surface area contributed by atoms with Crippen molar-refractivity contribution in [3.8, 4) is 11.4 Å². The Morgan fingerprint density at radius 2 is 2.00 bits per heavy atom. The summed E-state index contributed by atoms with van der Waals surface area (Å²) in [5, 5.41) is 0. The number of unbranched alkanes of at least 4 members (excludes halogenated alkanes) is 2. The van der Waals surface area contributed by atoms with Crippen LogP contribution in [0.5, 0.6) is 0 Å². The maximum atomic E-state index is 12.3. The lowest BCUT2D eigenvalue weighted by Gasteiger charge is -2.14. The van der Waals surface area contributed by atoms with E-state index in [1.54, 1.807) is 7.11 Å². The van der Waals surface area contributed by atoms with Crippen molar-refractivity contribution in [1.29, 1.82) is 0 Å². The molecule has 5 heteroatoms. The van der Waals surface area contributed by atoms with Gasteiger partial charge in [0.25, 0.3) is 0 Å². The Morgan fingerprint density at radius 3 is 2.79 bits per heavy atom. The Labute approximate surface area is 142 Å². The Hall–Kier alpha value is -2.27. The third-order valence-electron chi connectivity index (χ3n) is 4.28. The maximum absolute atomic E-state index is 12.3. The number of methoxy groups -OCH3 is 1. The van der Waals surface area contributed by atoms with Crippen molar-refractivity contribution in [2.45, 2.75) is 38.8 Å². The Kier molecular flexibility index (Phi) is 5.54. The normalized spacial score (nSPS) is 13.1. The number of ether oxygens (including phenoxy) is 1. The lowest BCUT2D eigenvalue weighted by atomic mass is 10.2. The molecule has 0 saturated heterocycles. The molecule has 0 radical (unpaired) electrons. The quantitative estimate of drug-likeness (QED) is 0.734. The van der Waals surface area contributed by atoms with Crippen LogP contribution in [0, 0.1) is 0 Å². The summed E-state index contributed by atoms with van der Waals surface area (Å²) in [5.41, 5.74) is 3.03. The van der Waals surface area contributed by atoms with E-state index < -0.39 is 0 Å². The van der Waals surface area contributed by atoms with Crippen LogP contribution in [0.3, 0.4) is 0 Å². The van der Waals surface area contributed by atoms with Crippen LogP contribution in [0.2, 0.25) is 0 Å². The van der Waals surface area contributed by atoms with Gasteiger partial charge < -0.3 is 9.64 Å². The van der Waals surface area contributed by atoms with Gasteiger partial charge >= 0.3 is 0 Å². The van der Waals surface area contributed by atoms with E-state index in [9.17, 15) is 4.79 Å². The van der Waals surface area contributed by atoms with Crippen LogP contribution in [-0.2, 0) is 22.6 Å². The van der Waals surface area contributed by atoms with E-state index in [0.717, 1.165) is 48.5 Å². The molecule has 0 bridgehead atoms. The third-order valence-corrected chi connectivity index (χ3v) is 4.28. The van der Waals surface area contributed by atoms with Gasteiger partial charge in [-0.05, 0) is 12.8 Å². The molecule has 1 aromatic carbocycles. The molecule has 2 heterocycles. The second-order valence-electron chi connectivity index (χ2n) is 6.08. The van der Waals surface area contributed by atoms with E-state index >= 15 is 0 Å². The van der Waals surface area contributed by atoms with Gasteiger partial charge in [0.2, 0.25) is 5.91 Å². The lowest BCUT2D eigenvalue weighted by molar-refractivity contribution is -0.131. The molecule has 0 unspecified atom stereocenters. The first-order valence-electron chi connectivity index (χ1n) is 8.45. The van der Waals surface area contributed by atoms with E-state index in [1.165, 1.54) is 0 Å². The second-order valence-corrected chi connectivity index (χ2v) is 6.08. The molecule has 24 heavy (non-hydrogen) atoms. The van der Waals surface area contributed by atoms with E-state index in [0.29, 0.717) is 19.5 Å².